The third kappa shape index (κ3) is 5.62. The maximum atomic E-state index is 12.0. The number of para-hydroxylation sites is 1. The van der Waals surface area contributed by atoms with Crippen LogP contribution < -0.4 is 20.2 Å². The highest BCUT2D eigenvalue weighted by molar-refractivity contribution is 5.96. The second-order valence-corrected chi connectivity index (χ2v) is 5.18. The Morgan fingerprint density at radius 1 is 1.12 bits per heavy atom. The van der Waals surface area contributed by atoms with E-state index < -0.39 is 5.91 Å². The predicted octanol–water partition coefficient (Wildman–Crippen LogP) is 1.97. The van der Waals surface area contributed by atoms with Gasteiger partial charge in [-0.3, -0.25) is 9.59 Å². The molecule has 2 aromatic rings. The highest BCUT2D eigenvalue weighted by Gasteiger charge is 2.07. The highest BCUT2D eigenvalue weighted by Crippen LogP contribution is 2.15. The number of methoxy groups -OCH3 is 1. The second-order valence-electron chi connectivity index (χ2n) is 5.18. The summed E-state index contributed by atoms with van der Waals surface area (Å²) < 4.78 is 10.5. The molecule has 0 aliphatic heterocycles. The number of ether oxygens (including phenoxy) is 2. The Morgan fingerprint density at radius 3 is 2.54 bits per heavy atom. The lowest BCUT2D eigenvalue weighted by molar-refractivity contribution is -0.120. The van der Waals surface area contributed by atoms with Crippen molar-refractivity contribution in [1.82, 2.24) is 10.7 Å². The molecule has 0 radical (unpaired) electrons. The van der Waals surface area contributed by atoms with Crippen molar-refractivity contribution in [2.75, 3.05) is 20.3 Å². The summed E-state index contributed by atoms with van der Waals surface area (Å²) in [5, 5.41) is 6.41. The maximum Gasteiger partial charge on any atom is 0.259 e. The summed E-state index contributed by atoms with van der Waals surface area (Å²) in [5.74, 6) is 0.548. The van der Waals surface area contributed by atoms with E-state index in [1.54, 1.807) is 31.4 Å². The average Bonchev–Trinajstić information content (AvgIpc) is 2.67. The van der Waals surface area contributed by atoms with Crippen molar-refractivity contribution in [1.29, 1.82) is 0 Å². The lowest BCUT2D eigenvalue weighted by Gasteiger charge is -2.06. The van der Waals surface area contributed by atoms with Gasteiger partial charge in [0.05, 0.1) is 26.5 Å². The Labute approximate surface area is 152 Å². The minimum absolute atomic E-state index is 0.185. The molecule has 2 rings (SSSR count). The summed E-state index contributed by atoms with van der Waals surface area (Å²) in [5.41, 5.74) is 3.55. The van der Waals surface area contributed by atoms with Crippen molar-refractivity contribution >= 4 is 18.0 Å². The third-order valence-electron chi connectivity index (χ3n) is 3.37. The lowest BCUT2D eigenvalue weighted by atomic mass is 10.2. The first-order chi connectivity index (χ1) is 12.6. The number of hydrogen-bond donors (Lipinski definition) is 2. The molecule has 7 heteroatoms. The van der Waals surface area contributed by atoms with E-state index >= 15 is 0 Å². The van der Waals surface area contributed by atoms with Crippen molar-refractivity contribution in [2.45, 2.75) is 6.92 Å². The number of hydrazone groups is 1. The molecule has 26 heavy (non-hydrogen) atoms. The van der Waals surface area contributed by atoms with Crippen LogP contribution in [0.15, 0.2) is 53.6 Å². The molecule has 0 saturated heterocycles. The van der Waals surface area contributed by atoms with Gasteiger partial charge >= 0.3 is 0 Å². The van der Waals surface area contributed by atoms with E-state index in [2.05, 4.69) is 15.8 Å². The summed E-state index contributed by atoms with van der Waals surface area (Å²) in [7, 11) is 1.55. The number of carbonyl (C=O) groups excluding carboxylic acids is 2. The Bertz CT molecular complexity index is 773. The summed E-state index contributed by atoms with van der Waals surface area (Å²) in [6.45, 7) is 2.24. The molecule has 0 unspecified atom stereocenters. The van der Waals surface area contributed by atoms with Gasteiger partial charge in [-0.05, 0) is 43.3 Å². The van der Waals surface area contributed by atoms with Gasteiger partial charge in [0, 0.05) is 11.1 Å². The first-order valence-corrected chi connectivity index (χ1v) is 8.10. The fourth-order valence-corrected chi connectivity index (χ4v) is 2.09. The van der Waals surface area contributed by atoms with Gasteiger partial charge in [0.2, 0.25) is 0 Å². The first-order valence-electron chi connectivity index (χ1n) is 8.10. The molecule has 0 saturated carbocycles. The molecule has 7 nitrogen and oxygen atoms in total. The molecule has 0 fully saturated rings. The number of benzene rings is 2. The number of nitrogens with one attached hydrogen (secondary N) is 2. The highest BCUT2D eigenvalue weighted by atomic mass is 16.5. The molecule has 2 N–H and O–H groups in total. The molecule has 2 aromatic carbocycles. The van der Waals surface area contributed by atoms with E-state index in [9.17, 15) is 9.59 Å². The minimum atomic E-state index is -0.433. The Kier molecular flexibility index (Phi) is 7.17. The van der Waals surface area contributed by atoms with E-state index in [1.165, 1.54) is 6.21 Å². The van der Waals surface area contributed by atoms with Crippen molar-refractivity contribution in [2.24, 2.45) is 5.10 Å². The van der Waals surface area contributed by atoms with Gasteiger partial charge in [0.15, 0.2) is 0 Å². The zero-order valence-corrected chi connectivity index (χ0v) is 14.7. The average molecular weight is 355 g/mol. The smallest absolute Gasteiger partial charge is 0.259 e. The molecule has 0 bridgehead atoms. The number of carbonyl (C=O) groups is 2. The van der Waals surface area contributed by atoms with Crippen LogP contribution in [0.5, 0.6) is 11.5 Å². The predicted molar refractivity (Wildman–Crippen MR) is 98.7 cm³/mol. The number of rotatable bonds is 8. The monoisotopic (exact) mass is 355 g/mol. The van der Waals surface area contributed by atoms with Crippen LogP contribution in [0.25, 0.3) is 0 Å². The normalized spacial score (nSPS) is 10.4. The van der Waals surface area contributed by atoms with Crippen molar-refractivity contribution < 1.29 is 19.1 Å². The fraction of sp³-hybridized carbons (Fsp3) is 0.211. The van der Waals surface area contributed by atoms with Gasteiger partial charge in [0.25, 0.3) is 11.8 Å². The van der Waals surface area contributed by atoms with Crippen LogP contribution in [-0.4, -0.2) is 38.3 Å². The molecule has 0 atom stereocenters. The van der Waals surface area contributed by atoms with Crippen LogP contribution in [0.4, 0.5) is 0 Å². The van der Waals surface area contributed by atoms with Crippen LogP contribution >= 0.6 is 0 Å². The molecule has 0 aliphatic carbocycles. The Morgan fingerprint density at radius 2 is 1.85 bits per heavy atom. The van der Waals surface area contributed by atoms with Gasteiger partial charge in [-0.2, -0.15) is 5.10 Å². The largest absolute Gasteiger partial charge is 0.497 e. The van der Waals surface area contributed by atoms with Gasteiger partial charge in [-0.1, -0.05) is 12.1 Å². The number of nitrogens with zero attached hydrogens (tertiary/aromatic N) is 1. The summed E-state index contributed by atoms with van der Waals surface area (Å²) in [6, 6.07) is 13.9. The van der Waals surface area contributed by atoms with Gasteiger partial charge in [0.1, 0.15) is 11.5 Å². The maximum absolute atomic E-state index is 12.0. The summed E-state index contributed by atoms with van der Waals surface area (Å²) in [4.78, 5) is 23.8. The minimum Gasteiger partial charge on any atom is -0.497 e. The van der Waals surface area contributed by atoms with Crippen molar-refractivity contribution in [3.63, 3.8) is 0 Å². The van der Waals surface area contributed by atoms with Gasteiger partial charge < -0.3 is 14.8 Å². The fourth-order valence-electron chi connectivity index (χ4n) is 2.09. The van der Waals surface area contributed by atoms with Crippen LogP contribution in [0.2, 0.25) is 0 Å². The summed E-state index contributed by atoms with van der Waals surface area (Å²) in [6.07, 6.45) is 1.49. The van der Waals surface area contributed by atoms with Gasteiger partial charge in [-0.15, -0.1) is 0 Å². The zero-order chi connectivity index (χ0) is 18.8. The topological polar surface area (TPSA) is 89.0 Å². The van der Waals surface area contributed by atoms with Crippen molar-refractivity contribution in [3.05, 3.63) is 59.7 Å². The van der Waals surface area contributed by atoms with E-state index in [0.717, 1.165) is 5.56 Å². The molecule has 2 amide bonds. The van der Waals surface area contributed by atoms with E-state index in [0.29, 0.717) is 23.7 Å². The lowest BCUT2D eigenvalue weighted by Crippen LogP contribution is -2.34. The molecule has 0 aromatic heterocycles. The molecule has 0 aliphatic rings. The van der Waals surface area contributed by atoms with E-state index in [4.69, 9.17) is 9.47 Å². The number of amides is 2. The zero-order valence-electron chi connectivity index (χ0n) is 14.7. The van der Waals surface area contributed by atoms with Crippen LogP contribution in [0, 0.1) is 0 Å². The van der Waals surface area contributed by atoms with Crippen LogP contribution in [0.3, 0.4) is 0 Å². The molecule has 136 valence electrons. The van der Waals surface area contributed by atoms with Crippen LogP contribution in [-0.2, 0) is 4.79 Å². The van der Waals surface area contributed by atoms with E-state index in [-0.39, 0.29) is 12.5 Å². The van der Waals surface area contributed by atoms with E-state index in [1.807, 2.05) is 31.2 Å². The standard InChI is InChI=1S/C19H21N3O4/c1-3-26-17-7-5-4-6-15(17)12-21-22-18(23)13-20-19(24)14-8-10-16(25-2)11-9-14/h4-12H,3,13H2,1-2H3,(H,20,24)(H,22,23). The number of hydrogen-bond acceptors (Lipinski definition) is 5. The first kappa shape index (κ1) is 19.0. The Balaban J connectivity index is 1.82. The SMILES string of the molecule is CCOc1ccccc1C=NNC(=O)CNC(=O)c1ccc(OC)cc1. The molecular formula is C19H21N3O4. The quantitative estimate of drug-likeness (QED) is 0.560. The van der Waals surface area contributed by atoms with Crippen molar-refractivity contribution in [3.8, 4) is 11.5 Å². The molecule has 0 spiro atoms. The van der Waals surface area contributed by atoms with Gasteiger partial charge in [-0.25, -0.2) is 5.43 Å². The molecular weight excluding hydrogens is 334 g/mol. The second kappa shape index (κ2) is 9.83. The Hall–Kier alpha value is -3.35. The summed E-state index contributed by atoms with van der Waals surface area (Å²) >= 11 is 0. The third-order valence-corrected chi connectivity index (χ3v) is 3.37. The van der Waals surface area contributed by atoms with Crippen LogP contribution in [0.1, 0.15) is 22.8 Å². The molecule has 0 heterocycles.